The number of nitrogens with one attached hydrogen (secondary N) is 1. The van der Waals surface area contributed by atoms with Crippen molar-refractivity contribution in [1.29, 1.82) is 0 Å². The van der Waals surface area contributed by atoms with Gasteiger partial charge in [0, 0.05) is 28.0 Å². The topological polar surface area (TPSA) is 28.7 Å². The van der Waals surface area contributed by atoms with Gasteiger partial charge < -0.3 is 4.98 Å². The highest BCUT2D eigenvalue weighted by Crippen LogP contribution is 2.25. The Bertz CT molecular complexity index is 531. The molecular formula is C10H6Cl2N2S. The molecule has 0 atom stereocenters. The van der Waals surface area contributed by atoms with Gasteiger partial charge in [0.2, 0.25) is 0 Å². The van der Waals surface area contributed by atoms with Gasteiger partial charge in [0.15, 0.2) is 0 Å². The SMILES string of the molecule is S=c1[nH]ccnc1-c1cc(Cl)cc(Cl)c1. The van der Waals surface area contributed by atoms with Crippen LogP contribution in [0.4, 0.5) is 0 Å². The molecule has 0 unspecified atom stereocenters. The van der Waals surface area contributed by atoms with E-state index >= 15 is 0 Å². The van der Waals surface area contributed by atoms with E-state index < -0.39 is 0 Å². The lowest BCUT2D eigenvalue weighted by molar-refractivity contribution is 1.18. The molecule has 0 spiro atoms. The Labute approximate surface area is 102 Å². The maximum Gasteiger partial charge on any atom is 0.129 e. The van der Waals surface area contributed by atoms with Gasteiger partial charge in [0.1, 0.15) is 10.3 Å². The standard InChI is InChI=1S/C10H6Cl2N2S/c11-7-3-6(4-8(12)5-7)9-10(15)14-2-1-13-9/h1-5H,(H,14,15). The van der Waals surface area contributed by atoms with Gasteiger partial charge in [-0.25, -0.2) is 0 Å². The maximum absolute atomic E-state index is 5.90. The van der Waals surface area contributed by atoms with Crippen LogP contribution in [-0.4, -0.2) is 9.97 Å². The number of H-pyrrole nitrogens is 1. The molecule has 0 fully saturated rings. The van der Waals surface area contributed by atoms with Crippen molar-refractivity contribution in [3.63, 3.8) is 0 Å². The predicted molar refractivity (Wildman–Crippen MR) is 64.9 cm³/mol. The number of nitrogens with zero attached hydrogens (tertiary/aromatic N) is 1. The molecule has 0 bridgehead atoms. The molecule has 76 valence electrons. The van der Waals surface area contributed by atoms with E-state index in [0.29, 0.717) is 20.4 Å². The van der Waals surface area contributed by atoms with Crippen molar-refractivity contribution in [3.05, 3.63) is 45.3 Å². The van der Waals surface area contributed by atoms with E-state index in [1.807, 2.05) is 0 Å². The minimum atomic E-state index is 0.566. The second kappa shape index (κ2) is 4.31. The Hall–Kier alpha value is -0.900. The quantitative estimate of drug-likeness (QED) is 0.778. The molecule has 0 saturated carbocycles. The van der Waals surface area contributed by atoms with Crippen LogP contribution in [0.15, 0.2) is 30.6 Å². The minimum Gasteiger partial charge on any atom is -0.350 e. The molecule has 2 rings (SSSR count). The van der Waals surface area contributed by atoms with Crippen LogP contribution in [0.1, 0.15) is 0 Å². The Morgan fingerprint density at radius 1 is 1.13 bits per heavy atom. The first-order valence-electron chi connectivity index (χ1n) is 4.17. The molecule has 15 heavy (non-hydrogen) atoms. The Balaban J connectivity index is 2.64. The summed E-state index contributed by atoms with van der Waals surface area (Å²) in [7, 11) is 0. The summed E-state index contributed by atoms with van der Waals surface area (Å²) >= 11 is 16.9. The fraction of sp³-hybridized carbons (Fsp3) is 0. The van der Waals surface area contributed by atoms with Crippen molar-refractivity contribution in [2.24, 2.45) is 0 Å². The summed E-state index contributed by atoms with van der Waals surface area (Å²) in [6, 6.07) is 5.22. The van der Waals surface area contributed by atoms with Crippen molar-refractivity contribution in [2.45, 2.75) is 0 Å². The molecule has 0 aliphatic heterocycles. The first-order valence-corrected chi connectivity index (χ1v) is 5.33. The Morgan fingerprint density at radius 3 is 2.40 bits per heavy atom. The average molecular weight is 257 g/mol. The zero-order chi connectivity index (χ0) is 10.8. The third kappa shape index (κ3) is 2.37. The van der Waals surface area contributed by atoms with Gasteiger partial charge >= 0.3 is 0 Å². The van der Waals surface area contributed by atoms with E-state index in [9.17, 15) is 0 Å². The summed E-state index contributed by atoms with van der Waals surface area (Å²) in [5, 5.41) is 1.13. The molecule has 1 heterocycles. The van der Waals surface area contributed by atoms with Crippen molar-refractivity contribution >= 4 is 35.4 Å². The van der Waals surface area contributed by atoms with Gasteiger partial charge in [-0.15, -0.1) is 0 Å². The third-order valence-corrected chi connectivity index (χ3v) is 2.59. The van der Waals surface area contributed by atoms with Crippen LogP contribution in [0.3, 0.4) is 0 Å². The molecule has 1 aromatic carbocycles. The molecule has 0 amide bonds. The van der Waals surface area contributed by atoms with Gasteiger partial charge in [0.05, 0.1) is 0 Å². The van der Waals surface area contributed by atoms with Crippen LogP contribution in [-0.2, 0) is 0 Å². The average Bonchev–Trinajstić information content (AvgIpc) is 2.16. The lowest BCUT2D eigenvalue weighted by Gasteiger charge is -2.02. The molecular weight excluding hydrogens is 251 g/mol. The highest BCUT2D eigenvalue weighted by Gasteiger charge is 2.03. The normalized spacial score (nSPS) is 10.3. The fourth-order valence-electron chi connectivity index (χ4n) is 1.25. The van der Waals surface area contributed by atoms with Crippen LogP contribution < -0.4 is 0 Å². The second-order valence-electron chi connectivity index (χ2n) is 2.93. The lowest BCUT2D eigenvalue weighted by Crippen LogP contribution is -1.86. The van der Waals surface area contributed by atoms with E-state index in [0.717, 1.165) is 5.56 Å². The van der Waals surface area contributed by atoms with Gasteiger partial charge in [-0.2, -0.15) is 0 Å². The molecule has 5 heteroatoms. The third-order valence-electron chi connectivity index (χ3n) is 1.84. The van der Waals surface area contributed by atoms with Crippen molar-refractivity contribution in [2.75, 3.05) is 0 Å². The van der Waals surface area contributed by atoms with E-state index in [2.05, 4.69) is 9.97 Å². The minimum absolute atomic E-state index is 0.566. The first kappa shape index (κ1) is 10.6. The number of rotatable bonds is 1. The van der Waals surface area contributed by atoms with Crippen LogP contribution in [0, 0.1) is 4.64 Å². The summed E-state index contributed by atoms with van der Waals surface area (Å²) in [4.78, 5) is 7.08. The van der Waals surface area contributed by atoms with Crippen LogP contribution in [0.25, 0.3) is 11.3 Å². The van der Waals surface area contributed by atoms with Crippen LogP contribution >= 0.6 is 35.4 Å². The molecule has 1 N–H and O–H groups in total. The molecule has 0 aliphatic rings. The summed E-state index contributed by atoms with van der Waals surface area (Å²) in [6.07, 6.45) is 3.32. The number of benzene rings is 1. The summed E-state index contributed by atoms with van der Waals surface area (Å²) in [6.45, 7) is 0. The van der Waals surface area contributed by atoms with E-state index in [1.54, 1.807) is 30.6 Å². The monoisotopic (exact) mass is 256 g/mol. The van der Waals surface area contributed by atoms with E-state index in [-0.39, 0.29) is 0 Å². The second-order valence-corrected chi connectivity index (χ2v) is 4.21. The fourth-order valence-corrected chi connectivity index (χ4v) is 2.01. The van der Waals surface area contributed by atoms with Crippen molar-refractivity contribution < 1.29 is 0 Å². The van der Waals surface area contributed by atoms with Crippen LogP contribution in [0.2, 0.25) is 10.0 Å². The zero-order valence-electron chi connectivity index (χ0n) is 7.50. The molecule has 0 radical (unpaired) electrons. The van der Waals surface area contributed by atoms with Gasteiger partial charge in [0.25, 0.3) is 0 Å². The molecule has 2 nitrogen and oxygen atoms in total. The molecule has 2 aromatic rings. The van der Waals surface area contributed by atoms with Gasteiger partial charge in [-0.1, -0.05) is 35.4 Å². The Kier molecular flexibility index (Phi) is 3.05. The summed E-state index contributed by atoms with van der Waals surface area (Å²) in [5.74, 6) is 0. The van der Waals surface area contributed by atoms with E-state index in [4.69, 9.17) is 35.4 Å². The summed E-state index contributed by atoms with van der Waals surface area (Å²) in [5.41, 5.74) is 1.49. The van der Waals surface area contributed by atoms with Gasteiger partial charge in [-0.3, -0.25) is 4.98 Å². The Morgan fingerprint density at radius 2 is 1.80 bits per heavy atom. The molecule has 0 aliphatic carbocycles. The highest BCUT2D eigenvalue weighted by molar-refractivity contribution is 7.71. The van der Waals surface area contributed by atoms with Crippen molar-refractivity contribution in [1.82, 2.24) is 9.97 Å². The number of hydrogen-bond acceptors (Lipinski definition) is 2. The number of aromatic nitrogens is 2. The van der Waals surface area contributed by atoms with Crippen molar-refractivity contribution in [3.8, 4) is 11.3 Å². The van der Waals surface area contributed by atoms with Crippen LogP contribution in [0.5, 0.6) is 0 Å². The van der Waals surface area contributed by atoms with E-state index in [1.165, 1.54) is 0 Å². The largest absolute Gasteiger partial charge is 0.350 e. The first-order chi connectivity index (χ1) is 7.16. The molecule has 0 saturated heterocycles. The van der Waals surface area contributed by atoms with Gasteiger partial charge in [-0.05, 0) is 18.2 Å². The predicted octanol–water partition coefficient (Wildman–Crippen LogP) is 4.11. The number of halogens is 2. The highest BCUT2D eigenvalue weighted by atomic mass is 35.5. The maximum atomic E-state index is 5.90. The molecule has 1 aromatic heterocycles. The number of aromatic amines is 1. The zero-order valence-corrected chi connectivity index (χ0v) is 9.83. The smallest absolute Gasteiger partial charge is 0.129 e. The lowest BCUT2D eigenvalue weighted by atomic mass is 10.2. The number of hydrogen-bond donors (Lipinski definition) is 1. The summed E-state index contributed by atoms with van der Waals surface area (Å²) < 4.78 is 0.566.